The molecule has 2 aromatic heterocycles. The number of amides is 2. The maximum Gasteiger partial charge on any atom is 0.418 e. The van der Waals surface area contributed by atoms with Crippen molar-refractivity contribution in [2.24, 2.45) is 5.92 Å². The van der Waals surface area contributed by atoms with Crippen LogP contribution in [0.25, 0.3) is 16.8 Å². The Bertz CT molecular complexity index is 1520. The van der Waals surface area contributed by atoms with E-state index in [1.807, 2.05) is 0 Å². The Morgan fingerprint density at radius 1 is 1.05 bits per heavy atom. The van der Waals surface area contributed by atoms with E-state index < -0.39 is 84.9 Å². The number of alkyl halides is 10. The second-order valence-electron chi connectivity index (χ2n) is 9.59. The lowest BCUT2D eigenvalue weighted by Crippen LogP contribution is -2.43. The van der Waals surface area contributed by atoms with Gasteiger partial charge < -0.3 is 21.3 Å². The SMILES string of the molecule is CNc1ccc(-c2cc(C(F)(F)F)c3c(N)ncnn23)cc1C(=O)N[C@@H]1CN(C(=O)CC(C(F)(F)F)C(F)(F)F)C[C@@H]1F. The largest absolute Gasteiger partial charge is 0.418 e. The summed E-state index contributed by atoms with van der Waals surface area (Å²) in [5.41, 5.74) is 3.78. The normalized spacial score (nSPS) is 18.0. The molecule has 0 spiro atoms. The third-order valence-electron chi connectivity index (χ3n) is 6.80. The Hall–Kier alpha value is -4.32. The van der Waals surface area contributed by atoms with Gasteiger partial charge in [0.05, 0.1) is 29.4 Å². The lowest BCUT2D eigenvalue weighted by Gasteiger charge is -2.25. The van der Waals surface area contributed by atoms with Gasteiger partial charge in [-0.25, -0.2) is 13.9 Å². The van der Waals surface area contributed by atoms with E-state index in [-0.39, 0.29) is 22.5 Å². The number of nitrogens with one attached hydrogen (secondary N) is 2. The van der Waals surface area contributed by atoms with Crippen molar-refractivity contribution in [2.75, 3.05) is 31.2 Å². The van der Waals surface area contributed by atoms with Crippen molar-refractivity contribution < 1.29 is 53.5 Å². The molecule has 2 atom stereocenters. The zero-order chi connectivity index (χ0) is 32.1. The number of nitrogen functional groups attached to an aromatic ring is 1. The van der Waals surface area contributed by atoms with Crippen LogP contribution in [-0.2, 0) is 11.0 Å². The molecule has 1 aromatic carbocycles. The molecule has 0 saturated carbocycles. The van der Waals surface area contributed by atoms with Crippen LogP contribution in [-0.4, -0.2) is 76.0 Å². The number of fused-ring (bicyclic) bond motifs is 1. The number of nitrogens with two attached hydrogens (primary N) is 1. The van der Waals surface area contributed by atoms with E-state index in [1.165, 1.54) is 19.2 Å². The summed E-state index contributed by atoms with van der Waals surface area (Å²) in [5, 5.41) is 8.75. The van der Waals surface area contributed by atoms with Crippen molar-refractivity contribution >= 4 is 28.8 Å². The predicted octanol–water partition coefficient (Wildman–Crippen LogP) is 4.45. The molecule has 0 aliphatic carbocycles. The van der Waals surface area contributed by atoms with Crippen LogP contribution in [0.4, 0.5) is 55.4 Å². The summed E-state index contributed by atoms with van der Waals surface area (Å²) in [4.78, 5) is 29.4. The highest BCUT2D eigenvalue weighted by molar-refractivity contribution is 6.01. The molecule has 0 bridgehead atoms. The fourth-order valence-electron chi connectivity index (χ4n) is 4.67. The summed E-state index contributed by atoms with van der Waals surface area (Å²) < 4.78 is 134. The number of rotatable bonds is 6. The first-order chi connectivity index (χ1) is 19.8. The number of hydrogen-bond donors (Lipinski definition) is 3. The maximum atomic E-state index is 14.7. The second kappa shape index (κ2) is 11.1. The smallest absolute Gasteiger partial charge is 0.387 e. The highest BCUT2D eigenvalue weighted by Crippen LogP contribution is 2.42. The molecule has 4 N–H and O–H groups in total. The van der Waals surface area contributed by atoms with Crippen LogP contribution in [0.5, 0.6) is 0 Å². The Morgan fingerprint density at radius 2 is 1.70 bits per heavy atom. The minimum absolute atomic E-state index is 0.0399. The molecule has 0 unspecified atom stereocenters. The van der Waals surface area contributed by atoms with Crippen molar-refractivity contribution in [3.05, 3.63) is 41.7 Å². The van der Waals surface area contributed by atoms with Crippen molar-refractivity contribution in [3.63, 3.8) is 0 Å². The highest BCUT2D eigenvalue weighted by Gasteiger charge is 2.57. The van der Waals surface area contributed by atoms with Crippen molar-refractivity contribution in [3.8, 4) is 11.3 Å². The monoisotopic (exact) mass is 629 g/mol. The first kappa shape index (κ1) is 31.6. The predicted molar refractivity (Wildman–Crippen MR) is 130 cm³/mol. The van der Waals surface area contributed by atoms with Gasteiger partial charge >= 0.3 is 18.5 Å². The average Bonchev–Trinajstić information content (AvgIpc) is 3.47. The fraction of sp³-hybridized carbons (Fsp3) is 0.417. The lowest BCUT2D eigenvalue weighted by molar-refractivity contribution is -0.284. The molecule has 1 fully saturated rings. The molecule has 19 heteroatoms. The van der Waals surface area contributed by atoms with E-state index in [2.05, 4.69) is 20.7 Å². The van der Waals surface area contributed by atoms with Gasteiger partial charge in [-0.15, -0.1) is 0 Å². The number of halogens is 10. The standard InChI is InChI=1S/C24H21F10N7O2/c1-36-14-3-2-10(16-5-12(22(26,27)28)19-20(35)37-9-38-41(16)19)4-11(14)21(43)39-15-8-40(7-13(15)25)18(42)6-17(23(29,30)31)24(32,33)34/h2-5,9,13,15,17,36H,6-8H2,1H3,(H,39,43)(H2,35,37,38)/t13-,15+/m0/s1. The van der Waals surface area contributed by atoms with Gasteiger partial charge in [0, 0.05) is 31.3 Å². The van der Waals surface area contributed by atoms with Gasteiger partial charge in [-0.2, -0.15) is 44.6 Å². The van der Waals surface area contributed by atoms with E-state index in [1.54, 1.807) is 0 Å². The molecular formula is C24H21F10N7O2. The molecule has 4 rings (SSSR count). The van der Waals surface area contributed by atoms with Crippen LogP contribution in [0.1, 0.15) is 22.3 Å². The first-order valence-corrected chi connectivity index (χ1v) is 12.2. The van der Waals surface area contributed by atoms with Crippen molar-refractivity contribution in [1.82, 2.24) is 24.8 Å². The number of carbonyl (C=O) groups excluding carboxylic acids is 2. The average molecular weight is 629 g/mol. The van der Waals surface area contributed by atoms with Gasteiger partial charge in [-0.3, -0.25) is 9.59 Å². The summed E-state index contributed by atoms with van der Waals surface area (Å²) >= 11 is 0. The molecule has 0 radical (unpaired) electrons. The fourth-order valence-corrected chi connectivity index (χ4v) is 4.67. The lowest BCUT2D eigenvalue weighted by atomic mass is 10.0. The van der Waals surface area contributed by atoms with Gasteiger partial charge in [0.25, 0.3) is 5.91 Å². The van der Waals surface area contributed by atoms with Crippen LogP contribution >= 0.6 is 0 Å². The maximum absolute atomic E-state index is 14.7. The zero-order valence-corrected chi connectivity index (χ0v) is 21.7. The molecule has 43 heavy (non-hydrogen) atoms. The van der Waals surface area contributed by atoms with Gasteiger partial charge in [0.1, 0.15) is 18.0 Å². The summed E-state index contributed by atoms with van der Waals surface area (Å²) in [6.07, 6.45) is -19.5. The highest BCUT2D eigenvalue weighted by atomic mass is 19.4. The summed E-state index contributed by atoms with van der Waals surface area (Å²) in [6.45, 7) is -1.60. The molecular weight excluding hydrogens is 608 g/mol. The van der Waals surface area contributed by atoms with Crippen LogP contribution in [0.2, 0.25) is 0 Å². The molecule has 1 saturated heterocycles. The third kappa shape index (κ3) is 6.38. The molecule has 3 aromatic rings. The number of likely N-dealkylation sites (tertiary alicyclic amines) is 1. The van der Waals surface area contributed by atoms with E-state index in [0.717, 1.165) is 23.0 Å². The second-order valence-corrected chi connectivity index (χ2v) is 9.59. The number of aromatic nitrogens is 3. The van der Waals surface area contributed by atoms with Crippen molar-refractivity contribution in [1.29, 1.82) is 0 Å². The zero-order valence-electron chi connectivity index (χ0n) is 21.7. The first-order valence-electron chi connectivity index (χ1n) is 12.2. The molecule has 9 nitrogen and oxygen atoms in total. The van der Waals surface area contributed by atoms with E-state index in [0.29, 0.717) is 4.90 Å². The van der Waals surface area contributed by atoms with Crippen LogP contribution in [0, 0.1) is 5.92 Å². The van der Waals surface area contributed by atoms with Crippen LogP contribution < -0.4 is 16.4 Å². The van der Waals surface area contributed by atoms with E-state index in [4.69, 9.17) is 5.73 Å². The number of nitrogens with zero attached hydrogens (tertiary/aromatic N) is 4. The van der Waals surface area contributed by atoms with Gasteiger partial charge in [-0.1, -0.05) is 6.07 Å². The van der Waals surface area contributed by atoms with Crippen LogP contribution in [0.15, 0.2) is 30.6 Å². The Balaban J connectivity index is 1.59. The molecule has 3 heterocycles. The van der Waals surface area contributed by atoms with Gasteiger partial charge in [0.2, 0.25) is 5.91 Å². The Labute approximate surface area is 235 Å². The molecule has 1 aliphatic rings. The van der Waals surface area contributed by atoms with E-state index in [9.17, 15) is 53.5 Å². The van der Waals surface area contributed by atoms with Crippen LogP contribution in [0.3, 0.4) is 0 Å². The number of carbonyl (C=O) groups is 2. The number of anilines is 2. The molecule has 234 valence electrons. The Kier molecular flexibility index (Phi) is 8.14. The quantitative estimate of drug-likeness (QED) is 0.347. The number of benzene rings is 1. The van der Waals surface area contributed by atoms with Gasteiger partial charge in [-0.05, 0) is 18.2 Å². The minimum Gasteiger partial charge on any atom is -0.387 e. The van der Waals surface area contributed by atoms with Crippen molar-refractivity contribution in [2.45, 2.75) is 37.2 Å². The molecule has 1 aliphatic heterocycles. The summed E-state index contributed by atoms with van der Waals surface area (Å²) in [7, 11) is 1.40. The topological polar surface area (TPSA) is 118 Å². The van der Waals surface area contributed by atoms with E-state index >= 15 is 0 Å². The minimum atomic E-state index is -5.77. The Morgan fingerprint density at radius 3 is 2.28 bits per heavy atom. The summed E-state index contributed by atoms with van der Waals surface area (Å²) in [5.74, 6) is -7.03. The number of hydrogen-bond acceptors (Lipinski definition) is 6. The summed E-state index contributed by atoms with van der Waals surface area (Å²) in [6, 6.07) is 3.06. The molecule has 2 amide bonds. The third-order valence-corrected chi connectivity index (χ3v) is 6.80. The van der Waals surface area contributed by atoms with Gasteiger partial charge in [0.15, 0.2) is 11.7 Å².